The van der Waals surface area contributed by atoms with Crippen molar-refractivity contribution in [2.75, 3.05) is 0 Å². The highest BCUT2D eigenvalue weighted by molar-refractivity contribution is 9.10. The second kappa shape index (κ2) is 5.88. The minimum absolute atomic E-state index is 0.131. The monoisotopic (exact) mass is 276 g/mol. The molecule has 0 bridgehead atoms. The highest BCUT2D eigenvalue weighted by Crippen LogP contribution is 2.23. The second-order valence-electron chi connectivity index (χ2n) is 4.84. The van der Waals surface area contributed by atoms with Crippen LogP contribution in [0.3, 0.4) is 0 Å². The smallest absolute Gasteiger partial charge is 0.322 e. The van der Waals surface area contributed by atoms with Gasteiger partial charge in [-0.2, -0.15) is 0 Å². The van der Waals surface area contributed by atoms with Gasteiger partial charge in [0.2, 0.25) is 0 Å². The molecule has 0 radical (unpaired) electrons. The number of ether oxygens (including phenoxy) is 1. The first-order chi connectivity index (χ1) is 7.00. The van der Waals surface area contributed by atoms with Gasteiger partial charge >= 0.3 is 5.97 Å². The van der Waals surface area contributed by atoms with Gasteiger partial charge in [0, 0.05) is 0 Å². The predicted molar refractivity (Wildman–Crippen MR) is 65.2 cm³/mol. The molecule has 0 amide bonds. The van der Waals surface area contributed by atoms with E-state index in [1.165, 1.54) is 32.1 Å². The summed E-state index contributed by atoms with van der Waals surface area (Å²) < 4.78 is 4.96. The number of hydrogen-bond donors (Lipinski definition) is 0. The van der Waals surface area contributed by atoms with Crippen LogP contribution in [-0.4, -0.2) is 16.4 Å². The Morgan fingerprint density at radius 3 is 2.07 bits per heavy atom. The Morgan fingerprint density at radius 2 is 1.60 bits per heavy atom. The summed E-state index contributed by atoms with van der Waals surface area (Å²) in [5.41, 5.74) is 0. The van der Waals surface area contributed by atoms with Crippen molar-refractivity contribution in [3.05, 3.63) is 0 Å². The lowest BCUT2D eigenvalue weighted by Gasteiger charge is -2.23. The summed E-state index contributed by atoms with van der Waals surface area (Å²) in [6, 6.07) is 0. The van der Waals surface area contributed by atoms with Gasteiger partial charge in [-0.1, -0.05) is 35.2 Å². The molecule has 1 aliphatic rings. The van der Waals surface area contributed by atoms with E-state index in [9.17, 15) is 4.79 Å². The lowest BCUT2D eigenvalue weighted by molar-refractivity contribution is -0.151. The van der Waals surface area contributed by atoms with Crippen LogP contribution in [0.5, 0.6) is 0 Å². The van der Waals surface area contributed by atoms with Gasteiger partial charge in [0.25, 0.3) is 0 Å². The van der Waals surface area contributed by atoms with Crippen LogP contribution in [0.1, 0.15) is 58.8 Å². The van der Waals surface area contributed by atoms with Crippen LogP contribution in [0.15, 0.2) is 0 Å². The first-order valence-corrected chi connectivity index (χ1v) is 6.69. The first kappa shape index (κ1) is 13.0. The summed E-state index contributed by atoms with van der Waals surface area (Å²) in [6.07, 6.45) is 8.52. The summed E-state index contributed by atoms with van der Waals surface area (Å²) in [4.78, 5) is 11.7. The van der Waals surface area contributed by atoms with Crippen molar-refractivity contribution < 1.29 is 9.53 Å². The Kier molecular flexibility index (Phi) is 5.10. The number of alkyl halides is 1. The molecule has 88 valence electrons. The second-order valence-corrected chi connectivity index (χ2v) is 6.83. The molecular weight excluding hydrogens is 256 g/mol. The first-order valence-electron chi connectivity index (χ1n) is 5.90. The van der Waals surface area contributed by atoms with Gasteiger partial charge in [-0.05, 0) is 39.5 Å². The third-order valence-electron chi connectivity index (χ3n) is 2.81. The predicted octanol–water partition coefficient (Wildman–Crippen LogP) is 3.82. The molecule has 0 aromatic heterocycles. The Hall–Kier alpha value is -0.0500. The average Bonchev–Trinajstić information content (AvgIpc) is 2.07. The van der Waals surface area contributed by atoms with E-state index in [2.05, 4.69) is 15.9 Å². The molecule has 0 unspecified atom stereocenters. The van der Waals surface area contributed by atoms with Gasteiger partial charge in [0.1, 0.15) is 10.4 Å². The molecule has 0 aromatic rings. The van der Waals surface area contributed by atoms with Gasteiger partial charge in [-0.25, -0.2) is 0 Å². The zero-order valence-electron chi connectivity index (χ0n) is 9.72. The van der Waals surface area contributed by atoms with Crippen LogP contribution in [0.2, 0.25) is 0 Å². The number of halogens is 1. The molecule has 0 aliphatic heterocycles. The van der Waals surface area contributed by atoms with Crippen LogP contribution in [0.25, 0.3) is 0 Å². The molecule has 0 spiro atoms. The number of esters is 1. The van der Waals surface area contributed by atoms with Crippen LogP contribution in [0.4, 0.5) is 0 Å². The lowest BCUT2D eigenvalue weighted by atomic mass is 9.98. The maximum Gasteiger partial charge on any atom is 0.322 e. The van der Waals surface area contributed by atoms with E-state index in [1.54, 1.807) is 0 Å². The maximum atomic E-state index is 11.7. The number of carbonyl (C=O) groups excluding carboxylic acids is 1. The Balaban J connectivity index is 2.38. The molecule has 1 saturated carbocycles. The van der Waals surface area contributed by atoms with Gasteiger partial charge in [0.05, 0.1) is 0 Å². The molecular formula is C12H21BrO2. The maximum absolute atomic E-state index is 11.7. The van der Waals surface area contributed by atoms with Gasteiger partial charge < -0.3 is 4.74 Å². The van der Waals surface area contributed by atoms with Crippen molar-refractivity contribution in [2.45, 2.75) is 69.2 Å². The molecule has 0 saturated heterocycles. The summed E-state index contributed by atoms with van der Waals surface area (Å²) in [6.45, 7) is 3.66. The normalized spacial score (nSPS) is 20.5. The number of carbonyl (C=O) groups is 1. The fourth-order valence-corrected chi connectivity index (χ4v) is 1.92. The molecule has 0 aromatic carbocycles. The Labute approximate surface area is 101 Å². The highest BCUT2D eigenvalue weighted by atomic mass is 79.9. The largest absolute Gasteiger partial charge is 0.461 e. The Morgan fingerprint density at radius 1 is 1.13 bits per heavy atom. The topological polar surface area (TPSA) is 26.3 Å². The van der Waals surface area contributed by atoms with E-state index < -0.39 is 4.32 Å². The van der Waals surface area contributed by atoms with Crippen molar-refractivity contribution in [2.24, 2.45) is 0 Å². The molecule has 0 heterocycles. The zero-order valence-corrected chi connectivity index (χ0v) is 11.3. The fourth-order valence-electron chi connectivity index (χ4n) is 1.83. The third-order valence-corrected chi connectivity index (χ3v) is 3.14. The molecule has 15 heavy (non-hydrogen) atoms. The summed E-state index contributed by atoms with van der Waals surface area (Å²) in [7, 11) is 0. The van der Waals surface area contributed by atoms with Crippen LogP contribution in [-0.2, 0) is 9.53 Å². The minimum atomic E-state index is -0.546. The number of hydrogen-bond acceptors (Lipinski definition) is 2. The number of rotatable bonds is 2. The van der Waals surface area contributed by atoms with Crippen LogP contribution >= 0.6 is 15.9 Å². The molecule has 3 heteroatoms. The van der Waals surface area contributed by atoms with E-state index in [-0.39, 0.29) is 12.1 Å². The zero-order chi connectivity index (χ0) is 11.3. The summed E-state index contributed by atoms with van der Waals surface area (Å²) >= 11 is 3.33. The van der Waals surface area contributed by atoms with Crippen LogP contribution < -0.4 is 0 Å². The van der Waals surface area contributed by atoms with Gasteiger partial charge in [-0.15, -0.1) is 0 Å². The van der Waals surface area contributed by atoms with Gasteiger partial charge in [0.15, 0.2) is 0 Å². The molecule has 1 aliphatic carbocycles. The summed E-state index contributed by atoms with van der Waals surface area (Å²) in [5.74, 6) is -0.131. The van der Waals surface area contributed by atoms with Crippen molar-refractivity contribution in [3.8, 4) is 0 Å². The van der Waals surface area contributed by atoms with Crippen molar-refractivity contribution in [3.63, 3.8) is 0 Å². The molecule has 1 fully saturated rings. The van der Waals surface area contributed by atoms with E-state index in [4.69, 9.17) is 4.74 Å². The highest BCUT2D eigenvalue weighted by Gasteiger charge is 2.28. The van der Waals surface area contributed by atoms with E-state index in [1.807, 2.05) is 13.8 Å². The van der Waals surface area contributed by atoms with Crippen molar-refractivity contribution in [1.29, 1.82) is 0 Å². The SMILES string of the molecule is CC(C)(Br)C(=O)OC1CCCCCCC1. The lowest BCUT2D eigenvalue weighted by Crippen LogP contribution is -2.31. The Bertz CT molecular complexity index is 200. The molecule has 1 rings (SSSR count). The van der Waals surface area contributed by atoms with E-state index in [0.717, 1.165) is 12.8 Å². The molecule has 2 nitrogen and oxygen atoms in total. The van der Waals surface area contributed by atoms with E-state index in [0.29, 0.717) is 0 Å². The van der Waals surface area contributed by atoms with E-state index >= 15 is 0 Å². The molecule has 0 N–H and O–H groups in total. The quantitative estimate of drug-likeness (QED) is 0.566. The molecule has 0 atom stereocenters. The minimum Gasteiger partial charge on any atom is -0.461 e. The summed E-state index contributed by atoms with van der Waals surface area (Å²) in [5, 5.41) is 0. The standard InChI is InChI=1S/C12H21BrO2/c1-12(2,13)11(14)15-10-8-6-4-3-5-7-9-10/h10H,3-9H2,1-2H3. The average molecular weight is 277 g/mol. The van der Waals surface area contributed by atoms with Crippen molar-refractivity contribution >= 4 is 21.9 Å². The van der Waals surface area contributed by atoms with Crippen molar-refractivity contribution in [1.82, 2.24) is 0 Å². The van der Waals surface area contributed by atoms with Crippen LogP contribution in [0, 0.1) is 0 Å². The fraction of sp³-hybridized carbons (Fsp3) is 0.917. The van der Waals surface area contributed by atoms with Gasteiger partial charge in [-0.3, -0.25) is 4.79 Å². The third kappa shape index (κ3) is 5.01.